The molecule has 0 radical (unpaired) electrons. The highest BCUT2D eigenvalue weighted by Crippen LogP contribution is 2.23. The van der Waals surface area contributed by atoms with Crippen molar-refractivity contribution in [1.29, 1.82) is 0 Å². The number of aromatic nitrogens is 3. The Bertz CT molecular complexity index is 874. The first-order valence-corrected chi connectivity index (χ1v) is 6.75. The van der Waals surface area contributed by atoms with E-state index in [-0.39, 0.29) is 10.9 Å². The van der Waals surface area contributed by atoms with E-state index in [4.69, 9.17) is 23.2 Å². The highest BCUT2D eigenvalue weighted by molar-refractivity contribution is 6.42. The summed E-state index contributed by atoms with van der Waals surface area (Å²) in [5, 5.41) is 9.75. The molecule has 3 aromatic rings. The van der Waals surface area contributed by atoms with E-state index in [2.05, 4.69) is 20.5 Å². The molecule has 0 spiro atoms. The normalized spacial score (nSPS) is 11.0. The van der Waals surface area contributed by atoms with Gasteiger partial charge in [-0.15, -0.1) is 5.10 Å². The minimum absolute atomic E-state index is 0.104. The maximum absolute atomic E-state index is 13.4. The summed E-state index contributed by atoms with van der Waals surface area (Å²) < 4.78 is 13.4. The summed E-state index contributed by atoms with van der Waals surface area (Å²) in [5.74, 6) is -0.326. The maximum Gasteiger partial charge on any atom is 0.275 e. The van der Waals surface area contributed by atoms with Crippen LogP contribution >= 0.6 is 23.2 Å². The quantitative estimate of drug-likeness (QED) is 0.691. The lowest BCUT2D eigenvalue weighted by Crippen LogP contribution is -2.11. The molecule has 0 amide bonds. The van der Waals surface area contributed by atoms with E-state index in [9.17, 15) is 9.18 Å². The summed E-state index contributed by atoms with van der Waals surface area (Å²) in [4.78, 5) is 14.3. The molecule has 21 heavy (non-hydrogen) atoms. The first-order chi connectivity index (χ1) is 10.0. The second-order valence-electron chi connectivity index (χ2n) is 4.42. The lowest BCUT2D eigenvalue weighted by atomic mass is 10.2. The lowest BCUT2D eigenvalue weighted by molar-refractivity contribution is 0.588. The number of rotatable bonds is 3. The van der Waals surface area contributed by atoms with Gasteiger partial charge in [0.15, 0.2) is 0 Å². The third-order valence-corrected chi connectivity index (χ3v) is 3.73. The SMILES string of the molecule is O=c1[nH]c(NCc2ccc(Cl)c(Cl)c2)cc2c(F)n[nH]c12. The van der Waals surface area contributed by atoms with Crippen molar-refractivity contribution in [3.05, 3.63) is 56.2 Å². The zero-order valence-electron chi connectivity index (χ0n) is 10.5. The van der Waals surface area contributed by atoms with Crippen LogP contribution in [-0.2, 0) is 6.54 Å². The van der Waals surface area contributed by atoms with Gasteiger partial charge in [-0.2, -0.15) is 4.39 Å². The van der Waals surface area contributed by atoms with Crippen molar-refractivity contribution in [2.45, 2.75) is 6.54 Å². The Labute approximate surface area is 128 Å². The molecule has 8 heteroatoms. The van der Waals surface area contributed by atoms with Crippen molar-refractivity contribution in [3.63, 3.8) is 0 Å². The number of anilines is 1. The van der Waals surface area contributed by atoms with Gasteiger partial charge in [0, 0.05) is 6.54 Å². The molecule has 0 fully saturated rings. The van der Waals surface area contributed by atoms with Crippen molar-refractivity contribution in [3.8, 4) is 0 Å². The number of pyridine rings is 1. The van der Waals surface area contributed by atoms with Crippen LogP contribution in [0.3, 0.4) is 0 Å². The zero-order chi connectivity index (χ0) is 15.0. The number of benzene rings is 1. The molecule has 0 saturated carbocycles. The van der Waals surface area contributed by atoms with Gasteiger partial charge < -0.3 is 10.3 Å². The smallest absolute Gasteiger partial charge is 0.275 e. The highest BCUT2D eigenvalue weighted by atomic mass is 35.5. The standard InChI is InChI=1S/C13H9Cl2FN4O/c14-8-2-1-6(3-9(8)15)5-17-10-4-7-11(13(21)18-10)19-20-12(7)16/h1-4H,5H2,(H,19,20)(H2,17,18,21). The molecule has 2 aromatic heterocycles. The minimum Gasteiger partial charge on any atom is -0.367 e. The molecular formula is C13H9Cl2FN4O. The summed E-state index contributed by atoms with van der Waals surface area (Å²) in [6.45, 7) is 0.401. The zero-order valence-corrected chi connectivity index (χ0v) is 12.0. The van der Waals surface area contributed by atoms with Gasteiger partial charge in [-0.05, 0) is 23.8 Å². The van der Waals surface area contributed by atoms with E-state index in [0.29, 0.717) is 22.4 Å². The fourth-order valence-electron chi connectivity index (χ4n) is 1.94. The second-order valence-corrected chi connectivity index (χ2v) is 5.23. The molecule has 0 saturated heterocycles. The fourth-order valence-corrected chi connectivity index (χ4v) is 2.26. The number of aromatic amines is 2. The number of hydrogen-bond acceptors (Lipinski definition) is 3. The van der Waals surface area contributed by atoms with Crippen LogP contribution in [0.15, 0.2) is 29.1 Å². The number of fused-ring (bicyclic) bond motifs is 1. The van der Waals surface area contributed by atoms with Crippen LogP contribution in [0.1, 0.15) is 5.56 Å². The Morgan fingerprint density at radius 3 is 2.81 bits per heavy atom. The molecule has 1 aromatic carbocycles. The molecule has 3 N–H and O–H groups in total. The van der Waals surface area contributed by atoms with Crippen LogP contribution in [0.4, 0.5) is 10.2 Å². The fraction of sp³-hybridized carbons (Fsp3) is 0.0769. The molecule has 3 rings (SSSR count). The van der Waals surface area contributed by atoms with Gasteiger partial charge in [-0.25, -0.2) is 0 Å². The van der Waals surface area contributed by atoms with Crippen LogP contribution in [0, 0.1) is 5.95 Å². The summed E-state index contributed by atoms with van der Waals surface area (Å²) >= 11 is 11.8. The summed E-state index contributed by atoms with van der Waals surface area (Å²) in [5.41, 5.74) is 0.533. The predicted octanol–water partition coefficient (Wildman–Crippen LogP) is 3.31. The van der Waals surface area contributed by atoms with Crippen molar-refractivity contribution in [2.24, 2.45) is 0 Å². The van der Waals surface area contributed by atoms with Crippen LogP contribution in [-0.4, -0.2) is 15.2 Å². The van der Waals surface area contributed by atoms with Gasteiger partial charge in [0.1, 0.15) is 11.3 Å². The van der Waals surface area contributed by atoms with Crippen molar-refractivity contribution in [2.75, 3.05) is 5.32 Å². The third kappa shape index (κ3) is 2.72. The first-order valence-electron chi connectivity index (χ1n) is 5.99. The van der Waals surface area contributed by atoms with Crippen LogP contribution < -0.4 is 10.9 Å². The molecule has 0 aliphatic carbocycles. The molecule has 0 aliphatic heterocycles. The van der Waals surface area contributed by atoms with E-state index in [0.717, 1.165) is 5.56 Å². The molecule has 0 bridgehead atoms. The third-order valence-electron chi connectivity index (χ3n) is 2.99. The van der Waals surface area contributed by atoms with Gasteiger partial charge in [-0.3, -0.25) is 9.89 Å². The largest absolute Gasteiger partial charge is 0.367 e. The summed E-state index contributed by atoms with van der Waals surface area (Å²) in [6.07, 6.45) is 0. The average molecular weight is 327 g/mol. The first kappa shape index (κ1) is 13.9. The topological polar surface area (TPSA) is 73.6 Å². The Balaban J connectivity index is 1.86. The molecular weight excluding hydrogens is 318 g/mol. The number of hydrogen-bond donors (Lipinski definition) is 3. The average Bonchev–Trinajstić information content (AvgIpc) is 2.83. The van der Waals surface area contributed by atoms with E-state index in [1.165, 1.54) is 6.07 Å². The summed E-state index contributed by atoms with van der Waals surface area (Å²) in [7, 11) is 0. The Morgan fingerprint density at radius 1 is 1.24 bits per heavy atom. The second kappa shape index (κ2) is 5.38. The minimum atomic E-state index is -0.714. The molecule has 0 atom stereocenters. The lowest BCUT2D eigenvalue weighted by Gasteiger charge is -2.07. The predicted molar refractivity (Wildman–Crippen MR) is 80.5 cm³/mol. The Kier molecular flexibility index (Phi) is 3.57. The molecule has 0 aliphatic rings. The van der Waals surface area contributed by atoms with Gasteiger partial charge in [-0.1, -0.05) is 29.3 Å². The van der Waals surface area contributed by atoms with Gasteiger partial charge in [0.05, 0.1) is 15.4 Å². The number of halogens is 3. The van der Waals surface area contributed by atoms with Gasteiger partial charge in [0.2, 0.25) is 5.95 Å². The van der Waals surface area contributed by atoms with Crippen LogP contribution in [0.2, 0.25) is 10.0 Å². The van der Waals surface area contributed by atoms with Crippen LogP contribution in [0.25, 0.3) is 10.9 Å². The van der Waals surface area contributed by atoms with Gasteiger partial charge in [0.25, 0.3) is 5.56 Å². The molecule has 108 valence electrons. The highest BCUT2D eigenvalue weighted by Gasteiger charge is 2.09. The van der Waals surface area contributed by atoms with E-state index < -0.39 is 11.5 Å². The summed E-state index contributed by atoms with van der Waals surface area (Å²) in [6, 6.07) is 6.68. The molecule has 0 unspecified atom stereocenters. The molecule has 5 nitrogen and oxygen atoms in total. The monoisotopic (exact) mass is 326 g/mol. The number of nitrogens with zero attached hydrogens (tertiary/aromatic N) is 1. The van der Waals surface area contributed by atoms with Crippen LogP contribution in [0.5, 0.6) is 0 Å². The maximum atomic E-state index is 13.4. The molecule has 2 heterocycles. The number of nitrogens with one attached hydrogen (secondary N) is 3. The van der Waals surface area contributed by atoms with E-state index in [1.807, 2.05) is 0 Å². The van der Waals surface area contributed by atoms with Gasteiger partial charge >= 0.3 is 0 Å². The Hall–Kier alpha value is -2.05. The van der Waals surface area contributed by atoms with E-state index in [1.54, 1.807) is 18.2 Å². The Morgan fingerprint density at radius 2 is 2.05 bits per heavy atom. The van der Waals surface area contributed by atoms with E-state index >= 15 is 0 Å². The van der Waals surface area contributed by atoms with Crippen molar-refractivity contribution in [1.82, 2.24) is 15.2 Å². The van der Waals surface area contributed by atoms with Crippen molar-refractivity contribution < 1.29 is 4.39 Å². The number of H-pyrrole nitrogens is 2. The van der Waals surface area contributed by atoms with Crippen molar-refractivity contribution >= 4 is 39.9 Å².